The van der Waals surface area contributed by atoms with E-state index in [1.54, 1.807) is 11.3 Å². The number of hydrogen-bond acceptors (Lipinski definition) is 4. The van der Waals surface area contributed by atoms with Crippen LogP contribution in [0.4, 0.5) is 5.00 Å². The van der Waals surface area contributed by atoms with E-state index in [2.05, 4.69) is 23.3 Å². The number of nitrogens with zero attached hydrogens (tertiary/aromatic N) is 1. The Morgan fingerprint density at radius 1 is 1.64 bits per heavy atom. The van der Waals surface area contributed by atoms with Crippen molar-refractivity contribution in [3.05, 3.63) is 17.0 Å². The molecule has 0 saturated carbocycles. The van der Waals surface area contributed by atoms with Crippen LogP contribution in [0.25, 0.3) is 0 Å². The molecule has 1 aliphatic heterocycles. The first kappa shape index (κ1) is 9.52. The Hall–Kier alpha value is -1.03. The molecule has 0 aromatic carbocycles. The van der Waals surface area contributed by atoms with Crippen molar-refractivity contribution < 1.29 is 9.53 Å². The van der Waals surface area contributed by atoms with Crippen LogP contribution in [0.3, 0.4) is 0 Å². The maximum absolute atomic E-state index is 11.3. The maximum atomic E-state index is 11.3. The molecule has 76 valence electrons. The summed E-state index contributed by atoms with van der Waals surface area (Å²) in [5, 5.41) is 3.26. The zero-order chi connectivity index (χ0) is 10.1. The minimum atomic E-state index is -0.151. The second-order valence-corrected chi connectivity index (χ2v) is 4.39. The van der Waals surface area contributed by atoms with Crippen molar-refractivity contribution in [1.29, 1.82) is 0 Å². The number of thiophene rings is 1. The molecule has 1 unspecified atom stereocenters. The molecule has 1 saturated heterocycles. The lowest BCUT2D eigenvalue weighted by atomic mass is 10.2. The van der Waals surface area contributed by atoms with Crippen LogP contribution in [0.1, 0.15) is 12.5 Å². The summed E-state index contributed by atoms with van der Waals surface area (Å²) in [6, 6.07) is 1.96. The molecule has 2 heterocycles. The Kier molecular flexibility index (Phi) is 2.46. The Bertz CT molecular complexity index is 348. The molecule has 1 fully saturated rings. The van der Waals surface area contributed by atoms with Crippen molar-refractivity contribution in [2.24, 2.45) is 0 Å². The second kappa shape index (κ2) is 3.61. The molecule has 4 heteroatoms. The van der Waals surface area contributed by atoms with Gasteiger partial charge in [0.05, 0.1) is 11.5 Å². The summed E-state index contributed by atoms with van der Waals surface area (Å²) in [6.07, 6.45) is 0. The predicted octanol–water partition coefficient (Wildman–Crippen LogP) is 1.81. The number of carbonyl (C=O) groups excluding carboxylic acids is 1. The van der Waals surface area contributed by atoms with Crippen molar-refractivity contribution in [2.45, 2.75) is 19.9 Å². The normalized spacial score (nSPS) is 22.3. The molecular weight excluding hydrogens is 198 g/mol. The summed E-state index contributed by atoms with van der Waals surface area (Å²) in [5.41, 5.74) is 1.25. The van der Waals surface area contributed by atoms with Crippen molar-refractivity contribution in [1.82, 2.24) is 0 Å². The van der Waals surface area contributed by atoms with Gasteiger partial charge in [0.1, 0.15) is 12.6 Å². The van der Waals surface area contributed by atoms with E-state index in [4.69, 9.17) is 4.74 Å². The van der Waals surface area contributed by atoms with Gasteiger partial charge < -0.3 is 9.64 Å². The molecule has 1 aromatic rings. The summed E-state index contributed by atoms with van der Waals surface area (Å²) >= 11 is 1.68. The third-order valence-electron chi connectivity index (χ3n) is 2.38. The van der Waals surface area contributed by atoms with Gasteiger partial charge in [0, 0.05) is 0 Å². The fourth-order valence-electron chi connectivity index (χ4n) is 1.55. The van der Waals surface area contributed by atoms with Gasteiger partial charge in [0.2, 0.25) is 0 Å². The first-order valence-electron chi connectivity index (χ1n) is 4.67. The minimum absolute atomic E-state index is 0.123. The van der Waals surface area contributed by atoms with Gasteiger partial charge >= 0.3 is 5.97 Å². The molecule has 0 N–H and O–H groups in total. The summed E-state index contributed by atoms with van der Waals surface area (Å²) in [4.78, 5) is 13.4. The zero-order valence-electron chi connectivity index (χ0n) is 8.32. The SMILES string of the molecule is Cc1csc(N2CCOC(=O)C2C)c1. The van der Waals surface area contributed by atoms with Gasteiger partial charge in [-0.3, -0.25) is 0 Å². The molecule has 1 atom stereocenters. The van der Waals surface area contributed by atoms with Gasteiger partial charge in [-0.2, -0.15) is 0 Å². The highest BCUT2D eigenvalue weighted by Crippen LogP contribution is 2.27. The summed E-state index contributed by atoms with van der Waals surface area (Å²) in [5.74, 6) is -0.123. The number of rotatable bonds is 1. The van der Waals surface area contributed by atoms with Gasteiger partial charge in [-0.25, -0.2) is 4.79 Å². The highest BCUT2D eigenvalue weighted by molar-refractivity contribution is 7.14. The standard InChI is InChI=1S/C10H13NO2S/c1-7-5-9(14-6-7)11-3-4-13-10(12)8(11)2/h5-6,8H,3-4H2,1-2H3. The molecule has 0 bridgehead atoms. The summed E-state index contributed by atoms with van der Waals surface area (Å²) in [7, 11) is 0. The number of carbonyl (C=O) groups is 1. The number of esters is 1. The number of ether oxygens (including phenoxy) is 1. The van der Waals surface area contributed by atoms with Crippen LogP contribution in [0.5, 0.6) is 0 Å². The van der Waals surface area contributed by atoms with Gasteiger partial charge in [-0.15, -0.1) is 11.3 Å². The number of hydrogen-bond donors (Lipinski definition) is 0. The third-order valence-corrected chi connectivity index (χ3v) is 3.47. The van der Waals surface area contributed by atoms with E-state index in [-0.39, 0.29) is 12.0 Å². The Morgan fingerprint density at radius 2 is 2.43 bits per heavy atom. The maximum Gasteiger partial charge on any atom is 0.328 e. The van der Waals surface area contributed by atoms with E-state index in [1.165, 1.54) is 5.56 Å². The third kappa shape index (κ3) is 1.62. The van der Waals surface area contributed by atoms with Crippen LogP contribution in [0, 0.1) is 6.92 Å². The Balaban J connectivity index is 2.21. The van der Waals surface area contributed by atoms with Crippen LogP contribution in [0.15, 0.2) is 11.4 Å². The van der Waals surface area contributed by atoms with Gasteiger partial charge in [-0.1, -0.05) is 0 Å². The van der Waals surface area contributed by atoms with Gasteiger partial charge in [0.25, 0.3) is 0 Å². The number of cyclic esters (lactones) is 1. The minimum Gasteiger partial charge on any atom is -0.462 e. The molecule has 1 aliphatic rings. The van der Waals surface area contributed by atoms with E-state index < -0.39 is 0 Å². The average molecular weight is 211 g/mol. The van der Waals surface area contributed by atoms with Crippen LogP contribution in [0.2, 0.25) is 0 Å². The van der Waals surface area contributed by atoms with E-state index >= 15 is 0 Å². The smallest absolute Gasteiger partial charge is 0.328 e. The van der Waals surface area contributed by atoms with E-state index in [1.807, 2.05) is 6.92 Å². The Morgan fingerprint density at radius 3 is 3.07 bits per heavy atom. The molecule has 1 aromatic heterocycles. The lowest BCUT2D eigenvalue weighted by molar-refractivity contribution is -0.147. The van der Waals surface area contributed by atoms with E-state index in [0.29, 0.717) is 6.61 Å². The molecule has 0 radical (unpaired) electrons. The number of aryl methyl sites for hydroxylation is 1. The molecule has 2 rings (SSSR count). The van der Waals surface area contributed by atoms with Crippen molar-refractivity contribution in [3.8, 4) is 0 Å². The van der Waals surface area contributed by atoms with Crippen LogP contribution in [-0.4, -0.2) is 25.2 Å². The summed E-state index contributed by atoms with van der Waals surface area (Å²) < 4.78 is 4.97. The fraction of sp³-hybridized carbons (Fsp3) is 0.500. The van der Waals surface area contributed by atoms with Gasteiger partial charge in [0.15, 0.2) is 0 Å². The van der Waals surface area contributed by atoms with Gasteiger partial charge in [-0.05, 0) is 30.9 Å². The first-order valence-corrected chi connectivity index (χ1v) is 5.55. The van der Waals surface area contributed by atoms with Crippen LogP contribution >= 0.6 is 11.3 Å². The lowest BCUT2D eigenvalue weighted by Gasteiger charge is -2.32. The average Bonchev–Trinajstić information content (AvgIpc) is 2.57. The predicted molar refractivity (Wildman–Crippen MR) is 56.8 cm³/mol. The van der Waals surface area contributed by atoms with Crippen molar-refractivity contribution >= 4 is 22.3 Å². The second-order valence-electron chi connectivity index (χ2n) is 3.50. The molecule has 0 amide bonds. The lowest BCUT2D eigenvalue weighted by Crippen LogP contribution is -2.46. The molecule has 0 spiro atoms. The fourth-order valence-corrected chi connectivity index (χ4v) is 2.57. The van der Waals surface area contributed by atoms with Crippen molar-refractivity contribution in [2.75, 3.05) is 18.1 Å². The molecule has 14 heavy (non-hydrogen) atoms. The Labute approximate surface area is 87.3 Å². The van der Waals surface area contributed by atoms with Crippen LogP contribution in [-0.2, 0) is 9.53 Å². The topological polar surface area (TPSA) is 29.5 Å². The molecule has 3 nitrogen and oxygen atoms in total. The van der Waals surface area contributed by atoms with Crippen LogP contribution < -0.4 is 4.90 Å². The quantitative estimate of drug-likeness (QED) is 0.663. The monoisotopic (exact) mass is 211 g/mol. The van der Waals surface area contributed by atoms with E-state index in [0.717, 1.165) is 11.5 Å². The van der Waals surface area contributed by atoms with E-state index in [9.17, 15) is 4.79 Å². The van der Waals surface area contributed by atoms with Crippen molar-refractivity contribution in [3.63, 3.8) is 0 Å². The molecule has 0 aliphatic carbocycles. The number of morpholine rings is 1. The first-order chi connectivity index (χ1) is 6.68. The largest absolute Gasteiger partial charge is 0.462 e. The number of anilines is 1. The molecular formula is C10H13NO2S. The summed E-state index contributed by atoms with van der Waals surface area (Å²) in [6.45, 7) is 5.25. The highest BCUT2D eigenvalue weighted by atomic mass is 32.1. The highest BCUT2D eigenvalue weighted by Gasteiger charge is 2.27. The zero-order valence-corrected chi connectivity index (χ0v) is 9.13.